The summed E-state index contributed by atoms with van der Waals surface area (Å²) in [6.07, 6.45) is 0. The fraction of sp³-hybridized carbons (Fsp3) is 0.500. The van der Waals surface area contributed by atoms with E-state index in [1.54, 1.807) is 0 Å². The van der Waals surface area contributed by atoms with Gasteiger partial charge in [0, 0.05) is 12.6 Å². The van der Waals surface area contributed by atoms with Gasteiger partial charge >= 0.3 is 5.97 Å². The molecule has 0 aliphatic carbocycles. The second kappa shape index (κ2) is 5.98. The predicted octanol–water partition coefficient (Wildman–Crippen LogP) is 1.40. The van der Waals surface area contributed by atoms with Gasteiger partial charge in [-0.25, -0.2) is 0 Å². The topological polar surface area (TPSA) is 78.3 Å². The Morgan fingerprint density at radius 1 is 1.28 bits per heavy atom. The monoisotopic (exact) mass is 250 g/mol. The van der Waals surface area contributed by atoms with Gasteiger partial charge in [-0.2, -0.15) is 0 Å². The van der Waals surface area contributed by atoms with Crippen molar-refractivity contribution in [2.45, 2.75) is 38.3 Å². The molecule has 2 unspecified atom stereocenters. The van der Waals surface area contributed by atoms with E-state index in [-0.39, 0.29) is 12.5 Å². The molecular weight excluding hydrogens is 228 g/mol. The molecule has 0 saturated heterocycles. The molecule has 0 aliphatic heterocycles. The number of esters is 1. The average molecular weight is 250 g/mol. The van der Waals surface area contributed by atoms with Gasteiger partial charge in [0.25, 0.3) is 0 Å². The molecular formula is C14H22N2O2. The summed E-state index contributed by atoms with van der Waals surface area (Å²) in [4.78, 5) is 12.2. The molecule has 0 heterocycles. The van der Waals surface area contributed by atoms with Crippen molar-refractivity contribution in [3.8, 4) is 0 Å². The Kier molecular flexibility index (Phi) is 4.87. The maximum Gasteiger partial charge on any atom is 0.315 e. The van der Waals surface area contributed by atoms with E-state index in [0.717, 1.165) is 5.56 Å². The molecule has 4 nitrogen and oxygen atoms in total. The van der Waals surface area contributed by atoms with Crippen molar-refractivity contribution in [1.29, 1.82) is 0 Å². The molecule has 0 aromatic heterocycles. The van der Waals surface area contributed by atoms with Crippen LogP contribution in [0, 0.1) is 0 Å². The smallest absolute Gasteiger partial charge is 0.315 e. The number of hydrogen-bond donors (Lipinski definition) is 2. The third-order valence-corrected chi connectivity index (χ3v) is 2.52. The molecule has 0 radical (unpaired) electrons. The van der Waals surface area contributed by atoms with E-state index < -0.39 is 17.6 Å². The fourth-order valence-corrected chi connectivity index (χ4v) is 1.72. The maximum absolute atomic E-state index is 12.2. The highest BCUT2D eigenvalue weighted by Gasteiger charge is 2.30. The zero-order chi connectivity index (χ0) is 13.8. The lowest BCUT2D eigenvalue weighted by Gasteiger charge is -2.27. The normalized spacial score (nSPS) is 14.9. The van der Waals surface area contributed by atoms with Gasteiger partial charge in [0.15, 0.2) is 0 Å². The summed E-state index contributed by atoms with van der Waals surface area (Å²) in [6, 6.07) is 8.92. The lowest BCUT2D eigenvalue weighted by molar-refractivity contribution is -0.157. The number of benzene rings is 1. The Labute approximate surface area is 108 Å². The molecule has 0 saturated carbocycles. The van der Waals surface area contributed by atoms with Crippen molar-refractivity contribution < 1.29 is 9.53 Å². The van der Waals surface area contributed by atoms with Crippen molar-refractivity contribution in [3.05, 3.63) is 35.9 Å². The molecule has 0 amide bonds. The number of carbonyl (C=O) groups is 1. The van der Waals surface area contributed by atoms with Crippen LogP contribution < -0.4 is 11.5 Å². The van der Waals surface area contributed by atoms with Crippen molar-refractivity contribution in [3.63, 3.8) is 0 Å². The van der Waals surface area contributed by atoms with Gasteiger partial charge in [0.1, 0.15) is 5.60 Å². The molecule has 0 fully saturated rings. The highest BCUT2D eigenvalue weighted by molar-refractivity contribution is 5.79. The summed E-state index contributed by atoms with van der Waals surface area (Å²) >= 11 is 0. The van der Waals surface area contributed by atoms with E-state index in [4.69, 9.17) is 16.2 Å². The van der Waals surface area contributed by atoms with Crippen molar-refractivity contribution in [1.82, 2.24) is 0 Å². The van der Waals surface area contributed by atoms with Crippen LogP contribution in [-0.2, 0) is 9.53 Å². The van der Waals surface area contributed by atoms with Crippen LogP contribution in [0.2, 0.25) is 0 Å². The molecule has 1 aromatic carbocycles. The van der Waals surface area contributed by atoms with Crippen LogP contribution in [-0.4, -0.2) is 24.2 Å². The first-order chi connectivity index (χ1) is 8.35. The Bertz CT molecular complexity index is 385. The summed E-state index contributed by atoms with van der Waals surface area (Å²) in [5, 5.41) is 0. The minimum absolute atomic E-state index is 0.235. The zero-order valence-corrected chi connectivity index (χ0v) is 11.2. The van der Waals surface area contributed by atoms with Crippen molar-refractivity contribution in [2.75, 3.05) is 6.54 Å². The molecule has 100 valence electrons. The Morgan fingerprint density at radius 2 is 1.83 bits per heavy atom. The summed E-state index contributed by atoms with van der Waals surface area (Å²) < 4.78 is 5.40. The van der Waals surface area contributed by atoms with Crippen LogP contribution in [0.5, 0.6) is 0 Å². The molecule has 1 aromatic rings. The number of hydrogen-bond acceptors (Lipinski definition) is 4. The quantitative estimate of drug-likeness (QED) is 0.792. The molecule has 0 spiro atoms. The van der Waals surface area contributed by atoms with Gasteiger partial charge in [-0.05, 0) is 26.3 Å². The number of nitrogens with two attached hydrogens (primary N) is 2. The largest absolute Gasteiger partial charge is 0.459 e. The second-order valence-electron chi connectivity index (χ2n) is 5.32. The summed E-state index contributed by atoms with van der Waals surface area (Å²) in [6.45, 7) is 5.74. The van der Waals surface area contributed by atoms with Gasteiger partial charge in [0.05, 0.1) is 5.92 Å². The SMILES string of the molecule is CC(C)(C)OC(=O)C(c1ccccc1)C(N)CN. The number of ether oxygens (including phenoxy) is 1. The Hall–Kier alpha value is -1.39. The fourth-order valence-electron chi connectivity index (χ4n) is 1.72. The predicted molar refractivity (Wildman–Crippen MR) is 72.1 cm³/mol. The average Bonchev–Trinajstić information content (AvgIpc) is 2.28. The summed E-state index contributed by atoms with van der Waals surface area (Å²) in [7, 11) is 0. The first-order valence-corrected chi connectivity index (χ1v) is 6.08. The van der Waals surface area contributed by atoms with E-state index in [1.807, 2.05) is 51.1 Å². The lowest BCUT2D eigenvalue weighted by Crippen LogP contribution is -2.42. The van der Waals surface area contributed by atoms with Crippen LogP contribution in [0.3, 0.4) is 0 Å². The van der Waals surface area contributed by atoms with Crippen LogP contribution in [0.15, 0.2) is 30.3 Å². The minimum atomic E-state index is -0.529. The summed E-state index contributed by atoms with van der Waals surface area (Å²) in [5.41, 5.74) is 11.8. The zero-order valence-electron chi connectivity index (χ0n) is 11.2. The van der Waals surface area contributed by atoms with Crippen molar-refractivity contribution in [2.24, 2.45) is 11.5 Å². The van der Waals surface area contributed by atoms with E-state index in [9.17, 15) is 4.79 Å². The first kappa shape index (κ1) is 14.7. The molecule has 4 heteroatoms. The molecule has 1 rings (SSSR count). The maximum atomic E-state index is 12.2. The highest BCUT2D eigenvalue weighted by atomic mass is 16.6. The molecule has 2 atom stereocenters. The van der Waals surface area contributed by atoms with E-state index in [1.165, 1.54) is 0 Å². The van der Waals surface area contributed by atoms with Gasteiger partial charge in [0.2, 0.25) is 0 Å². The number of rotatable bonds is 4. The van der Waals surface area contributed by atoms with Gasteiger partial charge in [-0.15, -0.1) is 0 Å². The molecule has 0 aliphatic rings. The second-order valence-corrected chi connectivity index (χ2v) is 5.32. The standard InChI is InChI=1S/C14H22N2O2/c1-14(2,3)18-13(17)12(11(16)9-15)10-7-5-4-6-8-10/h4-8,11-12H,9,15-16H2,1-3H3. The highest BCUT2D eigenvalue weighted by Crippen LogP contribution is 2.22. The van der Waals surface area contributed by atoms with Crippen LogP contribution in [0.25, 0.3) is 0 Å². The third kappa shape index (κ3) is 4.13. The Morgan fingerprint density at radius 3 is 2.28 bits per heavy atom. The van der Waals surface area contributed by atoms with Gasteiger partial charge in [-0.3, -0.25) is 4.79 Å². The first-order valence-electron chi connectivity index (χ1n) is 6.08. The van der Waals surface area contributed by atoms with E-state index in [0.29, 0.717) is 0 Å². The van der Waals surface area contributed by atoms with Crippen LogP contribution >= 0.6 is 0 Å². The van der Waals surface area contributed by atoms with Crippen molar-refractivity contribution >= 4 is 5.97 Å². The molecule has 4 N–H and O–H groups in total. The summed E-state index contributed by atoms with van der Waals surface area (Å²) in [5.74, 6) is -0.845. The Balaban J connectivity index is 2.96. The minimum Gasteiger partial charge on any atom is -0.459 e. The van der Waals surface area contributed by atoms with Gasteiger partial charge < -0.3 is 16.2 Å². The van der Waals surface area contributed by atoms with Crippen LogP contribution in [0.4, 0.5) is 0 Å². The van der Waals surface area contributed by atoms with E-state index in [2.05, 4.69) is 0 Å². The van der Waals surface area contributed by atoms with Crippen LogP contribution in [0.1, 0.15) is 32.3 Å². The molecule has 18 heavy (non-hydrogen) atoms. The van der Waals surface area contributed by atoms with Gasteiger partial charge in [-0.1, -0.05) is 30.3 Å². The van der Waals surface area contributed by atoms with E-state index >= 15 is 0 Å². The third-order valence-electron chi connectivity index (χ3n) is 2.52. The molecule has 0 bridgehead atoms. The lowest BCUT2D eigenvalue weighted by atomic mass is 9.92. The number of carbonyl (C=O) groups excluding carboxylic acids is 1.